The van der Waals surface area contributed by atoms with Gasteiger partial charge in [0.1, 0.15) is 11.1 Å². The maximum atomic E-state index is 12.7. The summed E-state index contributed by atoms with van der Waals surface area (Å²) in [6, 6.07) is 12.7. The quantitative estimate of drug-likeness (QED) is 0.538. The van der Waals surface area contributed by atoms with Gasteiger partial charge in [0.25, 0.3) is 5.56 Å². The lowest BCUT2D eigenvalue weighted by Crippen LogP contribution is -2.20. The largest absolute Gasteiger partial charge is 0.448 e. The Hall–Kier alpha value is -2.30. The average molecular weight is 345 g/mol. The molecule has 4 rings (SSSR count). The van der Waals surface area contributed by atoms with Crippen LogP contribution in [0.1, 0.15) is 5.56 Å². The predicted molar refractivity (Wildman–Crippen MR) is 91.3 cm³/mol. The van der Waals surface area contributed by atoms with E-state index < -0.39 is 0 Å². The van der Waals surface area contributed by atoms with Crippen molar-refractivity contribution in [3.63, 3.8) is 0 Å². The van der Waals surface area contributed by atoms with Gasteiger partial charge in [-0.25, -0.2) is 4.98 Å². The second-order valence-corrected chi connectivity index (χ2v) is 5.97. The Bertz CT molecular complexity index is 1080. The van der Waals surface area contributed by atoms with E-state index >= 15 is 0 Å². The van der Waals surface area contributed by atoms with Crippen LogP contribution in [0.4, 0.5) is 0 Å². The molecule has 2 aromatic carbocycles. The zero-order valence-electron chi connectivity index (χ0n) is 11.8. The van der Waals surface area contributed by atoms with Crippen molar-refractivity contribution in [2.75, 3.05) is 0 Å². The third kappa shape index (κ3) is 2.31. The fourth-order valence-electron chi connectivity index (χ4n) is 2.58. The molecule has 0 bridgehead atoms. The van der Waals surface area contributed by atoms with Gasteiger partial charge in [0.05, 0.1) is 12.9 Å². The van der Waals surface area contributed by atoms with Gasteiger partial charge in [-0.05, 0) is 24.3 Å². The molecule has 114 valence electrons. The summed E-state index contributed by atoms with van der Waals surface area (Å²) in [5.74, 6) is 0. The van der Waals surface area contributed by atoms with Crippen LogP contribution < -0.4 is 5.56 Å². The highest BCUT2D eigenvalue weighted by atomic mass is 35.5. The van der Waals surface area contributed by atoms with E-state index in [4.69, 9.17) is 27.6 Å². The molecule has 6 heteroatoms. The van der Waals surface area contributed by atoms with Crippen molar-refractivity contribution in [1.82, 2.24) is 9.55 Å². The van der Waals surface area contributed by atoms with E-state index in [0.29, 0.717) is 26.7 Å². The van der Waals surface area contributed by atoms with Crippen LogP contribution in [-0.4, -0.2) is 9.55 Å². The Balaban J connectivity index is 1.90. The molecule has 23 heavy (non-hydrogen) atoms. The molecule has 0 amide bonds. The van der Waals surface area contributed by atoms with E-state index in [1.54, 1.807) is 18.2 Å². The molecule has 4 aromatic rings. The predicted octanol–water partition coefficient (Wildman–Crippen LogP) is 4.50. The zero-order chi connectivity index (χ0) is 16.0. The molecule has 0 radical (unpaired) electrons. The van der Waals surface area contributed by atoms with Gasteiger partial charge in [-0.2, -0.15) is 0 Å². The normalized spacial score (nSPS) is 11.4. The number of halogens is 2. The van der Waals surface area contributed by atoms with Crippen molar-refractivity contribution in [2.24, 2.45) is 0 Å². The van der Waals surface area contributed by atoms with Gasteiger partial charge in [-0.1, -0.05) is 41.4 Å². The summed E-state index contributed by atoms with van der Waals surface area (Å²) < 4.78 is 7.10. The SMILES string of the molecule is O=c1c2oc3ccccc3c2ncn1Cc1c(Cl)cccc1Cl. The lowest BCUT2D eigenvalue weighted by molar-refractivity contribution is 0.642. The standard InChI is InChI=1S/C17H10Cl2N2O2/c18-12-5-3-6-13(19)11(12)8-21-9-20-15-10-4-1-2-7-14(10)23-16(15)17(21)22/h1-7,9H,8H2. The maximum Gasteiger partial charge on any atom is 0.297 e. The number of hydrogen-bond donors (Lipinski definition) is 0. The van der Waals surface area contributed by atoms with Crippen molar-refractivity contribution >= 4 is 45.3 Å². The summed E-state index contributed by atoms with van der Waals surface area (Å²) in [6.07, 6.45) is 1.49. The molecule has 0 fully saturated rings. The van der Waals surface area contributed by atoms with Crippen LogP contribution in [0.5, 0.6) is 0 Å². The highest BCUT2D eigenvalue weighted by molar-refractivity contribution is 6.35. The van der Waals surface area contributed by atoms with E-state index in [0.717, 1.165) is 5.39 Å². The van der Waals surface area contributed by atoms with Crippen molar-refractivity contribution in [2.45, 2.75) is 6.54 Å². The Kier molecular flexibility index (Phi) is 3.36. The molecule has 4 nitrogen and oxygen atoms in total. The monoisotopic (exact) mass is 344 g/mol. The van der Waals surface area contributed by atoms with Crippen LogP contribution in [-0.2, 0) is 6.54 Å². The molecule has 0 atom stereocenters. The fraction of sp³-hybridized carbons (Fsp3) is 0.0588. The first-order chi connectivity index (χ1) is 11.1. The molecule has 0 saturated heterocycles. The van der Waals surface area contributed by atoms with Crippen molar-refractivity contribution in [3.05, 3.63) is 74.8 Å². The average Bonchev–Trinajstić information content (AvgIpc) is 2.93. The minimum atomic E-state index is -0.262. The number of fused-ring (bicyclic) bond motifs is 3. The molecule has 0 aliphatic carbocycles. The van der Waals surface area contributed by atoms with Crippen molar-refractivity contribution in [1.29, 1.82) is 0 Å². The highest BCUT2D eigenvalue weighted by Gasteiger charge is 2.14. The molecule has 0 N–H and O–H groups in total. The molecule has 2 aromatic heterocycles. The van der Waals surface area contributed by atoms with Gasteiger partial charge in [-0.15, -0.1) is 0 Å². The van der Waals surface area contributed by atoms with Gasteiger partial charge in [-0.3, -0.25) is 9.36 Å². The Morgan fingerprint density at radius 3 is 2.57 bits per heavy atom. The van der Waals surface area contributed by atoms with Gasteiger partial charge in [0.2, 0.25) is 5.58 Å². The molecular formula is C17H10Cl2N2O2. The first-order valence-corrected chi connectivity index (χ1v) is 7.70. The van der Waals surface area contributed by atoms with Crippen LogP contribution in [0, 0.1) is 0 Å². The third-order valence-electron chi connectivity index (χ3n) is 3.74. The number of aromatic nitrogens is 2. The van der Waals surface area contributed by atoms with E-state index in [-0.39, 0.29) is 17.7 Å². The van der Waals surface area contributed by atoms with E-state index in [2.05, 4.69) is 4.98 Å². The van der Waals surface area contributed by atoms with E-state index in [9.17, 15) is 4.79 Å². The minimum absolute atomic E-state index is 0.233. The number of furan rings is 1. The number of hydrogen-bond acceptors (Lipinski definition) is 3. The summed E-state index contributed by atoms with van der Waals surface area (Å²) in [5.41, 5.74) is 1.85. The number of para-hydroxylation sites is 1. The minimum Gasteiger partial charge on any atom is -0.448 e. The van der Waals surface area contributed by atoms with Crippen molar-refractivity contribution < 1.29 is 4.42 Å². The fourth-order valence-corrected chi connectivity index (χ4v) is 3.10. The summed E-state index contributed by atoms with van der Waals surface area (Å²) in [6.45, 7) is 0.233. The second kappa shape index (κ2) is 5.41. The molecule has 0 spiro atoms. The van der Waals surface area contributed by atoms with Crippen LogP contribution in [0.3, 0.4) is 0 Å². The third-order valence-corrected chi connectivity index (χ3v) is 4.45. The Labute approximate surface area is 140 Å². The van der Waals surface area contributed by atoms with Gasteiger partial charge >= 0.3 is 0 Å². The van der Waals surface area contributed by atoms with Crippen LogP contribution >= 0.6 is 23.2 Å². The van der Waals surface area contributed by atoms with Gasteiger partial charge < -0.3 is 4.42 Å². The molecule has 0 saturated carbocycles. The number of rotatable bonds is 2. The molecule has 0 unspecified atom stereocenters. The second-order valence-electron chi connectivity index (χ2n) is 5.15. The lowest BCUT2D eigenvalue weighted by Gasteiger charge is -2.08. The number of nitrogens with zero attached hydrogens (tertiary/aromatic N) is 2. The first kappa shape index (κ1) is 14.3. The Morgan fingerprint density at radius 1 is 1.04 bits per heavy atom. The summed E-state index contributed by atoms with van der Waals surface area (Å²) in [7, 11) is 0. The first-order valence-electron chi connectivity index (χ1n) is 6.95. The molecule has 0 aliphatic heterocycles. The van der Waals surface area contributed by atoms with Crippen LogP contribution in [0.2, 0.25) is 10.0 Å². The lowest BCUT2D eigenvalue weighted by atomic mass is 10.2. The van der Waals surface area contributed by atoms with E-state index in [1.165, 1.54) is 10.9 Å². The highest BCUT2D eigenvalue weighted by Crippen LogP contribution is 2.26. The Morgan fingerprint density at radius 2 is 1.78 bits per heavy atom. The van der Waals surface area contributed by atoms with Gasteiger partial charge in [0.15, 0.2) is 0 Å². The molecular weight excluding hydrogens is 335 g/mol. The zero-order valence-corrected chi connectivity index (χ0v) is 13.3. The molecule has 0 aliphatic rings. The maximum absolute atomic E-state index is 12.7. The summed E-state index contributed by atoms with van der Waals surface area (Å²) in [5, 5.41) is 1.84. The molecule has 2 heterocycles. The summed E-state index contributed by atoms with van der Waals surface area (Å²) >= 11 is 12.3. The summed E-state index contributed by atoms with van der Waals surface area (Å²) in [4.78, 5) is 17.0. The topological polar surface area (TPSA) is 48.0 Å². The van der Waals surface area contributed by atoms with Crippen LogP contribution in [0.25, 0.3) is 22.1 Å². The van der Waals surface area contributed by atoms with Crippen molar-refractivity contribution in [3.8, 4) is 0 Å². The smallest absolute Gasteiger partial charge is 0.297 e. The van der Waals surface area contributed by atoms with Gasteiger partial charge in [0, 0.05) is 21.0 Å². The van der Waals surface area contributed by atoms with E-state index in [1.807, 2.05) is 24.3 Å². The van der Waals surface area contributed by atoms with Crippen LogP contribution in [0.15, 0.2) is 58.0 Å². The number of benzene rings is 2.